The second-order valence-electron chi connectivity index (χ2n) is 5.26. The molecule has 1 aromatic rings. The maximum Gasteiger partial charge on any atom is 0.136 e. The highest BCUT2D eigenvalue weighted by Gasteiger charge is 2.14. The zero-order valence-electron chi connectivity index (χ0n) is 9.92. The predicted molar refractivity (Wildman–Crippen MR) is 67.9 cm³/mol. The summed E-state index contributed by atoms with van der Waals surface area (Å²) in [6.45, 7) is 6.92. The van der Waals surface area contributed by atoms with Crippen LogP contribution in [-0.4, -0.2) is 13.9 Å². The smallest absolute Gasteiger partial charge is 0.136 e. The first-order valence-corrected chi connectivity index (χ1v) is 9.24. The van der Waals surface area contributed by atoms with Crippen LogP contribution in [0.15, 0.2) is 30.3 Å². The molecule has 0 saturated carbocycles. The fourth-order valence-corrected chi connectivity index (χ4v) is 2.46. The Hall–Kier alpha value is -0.893. The average molecular weight is 220 g/mol. The topological polar surface area (TPSA) is 17.1 Å². The van der Waals surface area contributed by atoms with Crippen molar-refractivity contribution in [1.29, 1.82) is 0 Å². The van der Waals surface area contributed by atoms with Crippen molar-refractivity contribution in [2.45, 2.75) is 38.5 Å². The second kappa shape index (κ2) is 5.26. The summed E-state index contributed by atoms with van der Waals surface area (Å²) < 4.78 is 0. The van der Waals surface area contributed by atoms with E-state index in [9.17, 15) is 4.79 Å². The molecule has 0 aliphatic carbocycles. The third-order valence-electron chi connectivity index (χ3n) is 2.40. The normalized spacial score (nSPS) is 11.4. The monoisotopic (exact) mass is 220 g/mol. The summed E-state index contributed by atoms with van der Waals surface area (Å²) in [7, 11) is -1.06. The highest BCUT2D eigenvalue weighted by molar-refractivity contribution is 6.76. The van der Waals surface area contributed by atoms with Crippen LogP contribution in [0.2, 0.25) is 25.7 Å². The Kier molecular flexibility index (Phi) is 4.27. The van der Waals surface area contributed by atoms with Crippen LogP contribution in [0.1, 0.15) is 12.0 Å². The molecule has 0 unspecified atom stereocenters. The lowest BCUT2D eigenvalue weighted by molar-refractivity contribution is -0.118. The van der Waals surface area contributed by atoms with Crippen LogP contribution in [0.3, 0.4) is 0 Å². The van der Waals surface area contributed by atoms with Gasteiger partial charge in [0.15, 0.2) is 0 Å². The van der Waals surface area contributed by atoms with Crippen LogP contribution in [0, 0.1) is 0 Å². The van der Waals surface area contributed by atoms with E-state index < -0.39 is 8.07 Å². The first kappa shape index (κ1) is 12.2. The minimum Gasteiger partial charge on any atom is -0.299 e. The Bertz CT molecular complexity index is 311. The fourth-order valence-electron chi connectivity index (χ4n) is 1.43. The van der Waals surface area contributed by atoms with Crippen LogP contribution in [0.5, 0.6) is 0 Å². The molecule has 82 valence electrons. The van der Waals surface area contributed by atoms with Gasteiger partial charge in [-0.1, -0.05) is 56.0 Å². The van der Waals surface area contributed by atoms with E-state index in [1.807, 2.05) is 30.3 Å². The van der Waals surface area contributed by atoms with Gasteiger partial charge in [-0.25, -0.2) is 0 Å². The minimum atomic E-state index is -1.06. The molecule has 1 nitrogen and oxygen atoms in total. The summed E-state index contributed by atoms with van der Waals surface area (Å²) >= 11 is 0. The van der Waals surface area contributed by atoms with E-state index >= 15 is 0 Å². The van der Waals surface area contributed by atoms with Crippen molar-refractivity contribution in [1.82, 2.24) is 0 Å². The van der Waals surface area contributed by atoms with Gasteiger partial charge in [0.05, 0.1) is 0 Å². The maximum absolute atomic E-state index is 11.7. The van der Waals surface area contributed by atoms with Gasteiger partial charge in [-0.3, -0.25) is 4.79 Å². The molecule has 2 heteroatoms. The van der Waals surface area contributed by atoms with Crippen LogP contribution < -0.4 is 0 Å². The summed E-state index contributed by atoms with van der Waals surface area (Å²) in [5, 5.41) is 0. The predicted octanol–water partition coefficient (Wildman–Crippen LogP) is 3.53. The van der Waals surface area contributed by atoms with Crippen LogP contribution in [0.25, 0.3) is 0 Å². The molecule has 0 N–H and O–H groups in total. The molecule has 15 heavy (non-hydrogen) atoms. The SMILES string of the molecule is C[Si](C)(C)CCC(=O)Cc1ccccc1. The van der Waals surface area contributed by atoms with Crippen LogP contribution in [-0.2, 0) is 11.2 Å². The lowest BCUT2D eigenvalue weighted by Gasteiger charge is -2.14. The summed E-state index contributed by atoms with van der Waals surface area (Å²) in [5.41, 5.74) is 1.14. The van der Waals surface area contributed by atoms with Gasteiger partial charge in [0.25, 0.3) is 0 Å². The molecular weight excluding hydrogens is 200 g/mol. The van der Waals surface area contributed by atoms with E-state index in [-0.39, 0.29) is 0 Å². The molecule has 0 radical (unpaired) electrons. The number of ketones is 1. The van der Waals surface area contributed by atoms with E-state index in [4.69, 9.17) is 0 Å². The number of carbonyl (C=O) groups is 1. The molecule has 0 aliphatic heterocycles. The van der Waals surface area contributed by atoms with Gasteiger partial charge in [0, 0.05) is 20.9 Å². The lowest BCUT2D eigenvalue weighted by Crippen LogP contribution is -2.21. The van der Waals surface area contributed by atoms with Crippen LogP contribution in [0.4, 0.5) is 0 Å². The Morgan fingerprint density at radius 2 is 1.73 bits per heavy atom. The molecule has 0 bridgehead atoms. The Morgan fingerprint density at radius 1 is 1.13 bits per heavy atom. The Morgan fingerprint density at radius 3 is 2.27 bits per heavy atom. The van der Waals surface area contributed by atoms with E-state index in [1.54, 1.807) is 0 Å². The number of rotatable bonds is 5. The van der Waals surface area contributed by atoms with Crippen molar-refractivity contribution in [3.63, 3.8) is 0 Å². The fraction of sp³-hybridized carbons (Fsp3) is 0.462. The molecule has 1 aromatic carbocycles. The molecule has 0 heterocycles. The van der Waals surface area contributed by atoms with Crippen LogP contribution >= 0.6 is 0 Å². The lowest BCUT2D eigenvalue weighted by atomic mass is 10.1. The maximum atomic E-state index is 11.7. The summed E-state index contributed by atoms with van der Waals surface area (Å²) in [6, 6.07) is 11.1. The van der Waals surface area contributed by atoms with E-state index in [1.165, 1.54) is 0 Å². The quantitative estimate of drug-likeness (QED) is 0.694. The second-order valence-corrected chi connectivity index (χ2v) is 10.9. The summed E-state index contributed by atoms with van der Waals surface area (Å²) in [5.74, 6) is 0.378. The van der Waals surface area contributed by atoms with E-state index in [0.29, 0.717) is 12.2 Å². The van der Waals surface area contributed by atoms with Gasteiger partial charge in [0.1, 0.15) is 5.78 Å². The molecule has 0 spiro atoms. The van der Waals surface area contributed by atoms with Gasteiger partial charge in [-0.2, -0.15) is 0 Å². The molecular formula is C13H20OSi. The van der Waals surface area contributed by atoms with Crippen molar-refractivity contribution in [3.05, 3.63) is 35.9 Å². The first-order chi connectivity index (χ1) is 6.97. The zero-order valence-corrected chi connectivity index (χ0v) is 10.9. The molecule has 0 fully saturated rings. The third-order valence-corrected chi connectivity index (χ3v) is 4.15. The number of Topliss-reactive ketones (excluding diaryl/α,β-unsaturated/α-hetero) is 1. The zero-order chi connectivity index (χ0) is 11.3. The molecule has 1 rings (SSSR count). The number of benzene rings is 1. The molecule has 0 aromatic heterocycles. The third kappa shape index (κ3) is 5.53. The molecule has 0 atom stereocenters. The summed E-state index contributed by atoms with van der Waals surface area (Å²) in [6.07, 6.45) is 1.36. The number of hydrogen-bond acceptors (Lipinski definition) is 1. The van der Waals surface area contributed by atoms with Gasteiger partial charge < -0.3 is 0 Å². The molecule has 0 amide bonds. The first-order valence-electron chi connectivity index (χ1n) is 5.53. The molecule has 0 aliphatic rings. The van der Waals surface area contributed by atoms with Gasteiger partial charge in [-0.15, -0.1) is 0 Å². The van der Waals surface area contributed by atoms with Crippen molar-refractivity contribution >= 4 is 13.9 Å². The van der Waals surface area contributed by atoms with Gasteiger partial charge in [0.2, 0.25) is 0 Å². The molecule has 0 saturated heterocycles. The minimum absolute atomic E-state index is 0.378. The van der Waals surface area contributed by atoms with Crippen molar-refractivity contribution in [2.75, 3.05) is 0 Å². The standard InChI is InChI=1S/C13H20OSi/c1-15(2,3)10-9-13(14)11-12-7-5-4-6-8-12/h4-8H,9-11H2,1-3H3. The highest BCUT2D eigenvalue weighted by Crippen LogP contribution is 2.12. The highest BCUT2D eigenvalue weighted by atomic mass is 28.3. The van der Waals surface area contributed by atoms with Gasteiger partial charge >= 0.3 is 0 Å². The van der Waals surface area contributed by atoms with Crippen molar-refractivity contribution in [2.24, 2.45) is 0 Å². The number of carbonyl (C=O) groups excluding carboxylic acids is 1. The summed E-state index contributed by atoms with van der Waals surface area (Å²) in [4.78, 5) is 11.7. The average Bonchev–Trinajstić information content (AvgIpc) is 2.15. The van der Waals surface area contributed by atoms with Crippen molar-refractivity contribution < 1.29 is 4.79 Å². The largest absolute Gasteiger partial charge is 0.299 e. The Balaban J connectivity index is 2.38. The Labute approximate surface area is 93.5 Å². The van der Waals surface area contributed by atoms with Gasteiger partial charge in [-0.05, 0) is 5.56 Å². The van der Waals surface area contributed by atoms with E-state index in [2.05, 4.69) is 19.6 Å². The number of hydrogen-bond donors (Lipinski definition) is 0. The van der Waals surface area contributed by atoms with E-state index in [0.717, 1.165) is 18.0 Å². The van der Waals surface area contributed by atoms with Crippen molar-refractivity contribution in [3.8, 4) is 0 Å².